The van der Waals surface area contributed by atoms with E-state index < -0.39 is 11.9 Å². The summed E-state index contributed by atoms with van der Waals surface area (Å²) in [6.45, 7) is -0.389. The summed E-state index contributed by atoms with van der Waals surface area (Å²) in [4.78, 5) is 23.8. The Kier molecular flexibility index (Phi) is 6.20. The lowest BCUT2D eigenvalue weighted by molar-refractivity contribution is -0.119. The minimum absolute atomic E-state index is 0.364. The number of hydrogen-bond acceptors (Lipinski definition) is 5. The van der Waals surface area contributed by atoms with Crippen LogP contribution < -0.4 is 14.8 Å². The molecule has 0 aliphatic heterocycles. The second kappa shape index (κ2) is 8.35. The maximum absolute atomic E-state index is 11.9. The lowest BCUT2D eigenvalue weighted by atomic mass is 10.2. The van der Waals surface area contributed by atoms with Crippen molar-refractivity contribution in [3.8, 4) is 11.5 Å². The van der Waals surface area contributed by atoms with Crippen molar-refractivity contribution in [3.63, 3.8) is 0 Å². The van der Waals surface area contributed by atoms with E-state index in [1.54, 1.807) is 42.5 Å². The van der Waals surface area contributed by atoms with E-state index in [9.17, 15) is 9.59 Å². The number of amides is 1. The second-order valence-electron chi connectivity index (χ2n) is 4.70. The molecule has 6 nitrogen and oxygen atoms in total. The van der Waals surface area contributed by atoms with Crippen LogP contribution in [0.1, 0.15) is 10.4 Å². The van der Waals surface area contributed by atoms with Crippen molar-refractivity contribution in [1.82, 2.24) is 0 Å². The number of hydrogen-bond donors (Lipinski definition) is 1. The summed E-state index contributed by atoms with van der Waals surface area (Å²) in [7, 11) is 3.03. The Labute approximate surface area is 147 Å². The minimum Gasteiger partial charge on any atom is -0.493 e. The SMILES string of the molecule is COc1ccc(NC(=O)COC(=O)c2cccc(Br)c2)cc1OC. The summed E-state index contributed by atoms with van der Waals surface area (Å²) in [6, 6.07) is 11.7. The molecule has 0 saturated carbocycles. The predicted octanol–water partition coefficient (Wildman–Crippen LogP) is 3.26. The predicted molar refractivity (Wildman–Crippen MR) is 92.6 cm³/mol. The molecule has 0 saturated heterocycles. The number of anilines is 1. The van der Waals surface area contributed by atoms with Gasteiger partial charge in [0.15, 0.2) is 18.1 Å². The van der Waals surface area contributed by atoms with Crippen molar-refractivity contribution in [1.29, 1.82) is 0 Å². The number of carbonyl (C=O) groups is 2. The van der Waals surface area contributed by atoms with Gasteiger partial charge in [0.1, 0.15) is 0 Å². The molecule has 2 rings (SSSR count). The maximum Gasteiger partial charge on any atom is 0.338 e. The fourth-order valence-electron chi connectivity index (χ4n) is 1.94. The van der Waals surface area contributed by atoms with E-state index in [1.807, 2.05) is 0 Å². The molecule has 0 aliphatic rings. The highest BCUT2D eigenvalue weighted by Crippen LogP contribution is 2.29. The van der Waals surface area contributed by atoms with Crippen molar-refractivity contribution in [2.24, 2.45) is 0 Å². The van der Waals surface area contributed by atoms with E-state index in [-0.39, 0.29) is 6.61 Å². The molecular formula is C17H16BrNO5. The Morgan fingerprint density at radius 2 is 1.79 bits per heavy atom. The second-order valence-corrected chi connectivity index (χ2v) is 5.62. The fraction of sp³-hybridized carbons (Fsp3) is 0.176. The molecule has 0 spiro atoms. The molecule has 24 heavy (non-hydrogen) atoms. The molecule has 126 valence electrons. The number of carbonyl (C=O) groups excluding carboxylic acids is 2. The number of halogens is 1. The van der Waals surface area contributed by atoms with Crippen molar-refractivity contribution < 1.29 is 23.8 Å². The molecule has 0 radical (unpaired) electrons. The molecule has 0 aliphatic carbocycles. The molecular weight excluding hydrogens is 378 g/mol. The number of esters is 1. The quantitative estimate of drug-likeness (QED) is 0.762. The number of benzene rings is 2. The summed E-state index contributed by atoms with van der Waals surface area (Å²) < 4.78 is 16.0. The van der Waals surface area contributed by atoms with Gasteiger partial charge in [-0.2, -0.15) is 0 Å². The summed E-state index contributed by atoms with van der Waals surface area (Å²) in [5.41, 5.74) is 0.874. The molecule has 2 aromatic rings. The zero-order chi connectivity index (χ0) is 17.5. The molecule has 0 bridgehead atoms. The van der Waals surface area contributed by atoms with Crippen LogP contribution in [0.5, 0.6) is 11.5 Å². The molecule has 0 aromatic heterocycles. The van der Waals surface area contributed by atoms with Crippen molar-refractivity contribution in [2.75, 3.05) is 26.1 Å². The Morgan fingerprint density at radius 1 is 1.04 bits per heavy atom. The maximum atomic E-state index is 11.9. The van der Waals surface area contributed by atoms with Gasteiger partial charge >= 0.3 is 5.97 Å². The van der Waals surface area contributed by atoms with Crippen LogP contribution in [0.15, 0.2) is 46.9 Å². The topological polar surface area (TPSA) is 73.9 Å². The van der Waals surface area contributed by atoms with E-state index in [0.717, 1.165) is 4.47 Å². The summed E-state index contributed by atoms with van der Waals surface area (Å²) in [5, 5.41) is 2.63. The van der Waals surface area contributed by atoms with Crippen LogP contribution in [0.4, 0.5) is 5.69 Å². The first-order valence-electron chi connectivity index (χ1n) is 6.98. The van der Waals surface area contributed by atoms with Crippen molar-refractivity contribution >= 4 is 33.5 Å². The Morgan fingerprint density at radius 3 is 2.46 bits per heavy atom. The first kappa shape index (κ1) is 17.8. The monoisotopic (exact) mass is 393 g/mol. The molecule has 7 heteroatoms. The van der Waals surface area contributed by atoms with Gasteiger partial charge < -0.3 is 19.5 Å². The minimum atomic E-state index is -0.571. The average molecular weight is 394 g/mol. The van der Waals surface area contributed by atoms with Gasteiger partial charge in [0, 0.05) is 16.2 Å². The van der Waals surface area contributed by atoms with Gasteiger partial charge in [0.05, 0.1) is 19.8 Å². The lowest BCUT2D eigenvalue weighted by Crippen LogP contribution is -2.21. The number of ether oxygens (including phenoxy) is 3. The van der Waals surface area contributed by atoms with Crippen LogP contribution in [-0.2, 0) is 9.53 Å². The van der Waals surface area contributed by atoms with Gasteiger partial charge in [-0.15, -0.1) is 0 Å². The first-order chi connectivity index (χ1) is 11.5. The van der Waals surface area contributed by atoms with Crippen molar-refractivity contribution in [2.45, 2.75) is 0 Å². The van der Waals surface area contributed by atoms with E-state index in [4.69, 9.17) is 14.2 Å². The highest BCUT2D eigenvalue weighted by atomic mass is 79.9. The van der Waals surface area contributed by atoms with E-state index in [1.165, 1.54) is 14.2 Å². The zero-order valence-corrected chi connectivity index (χ0v) is 14.8. The fourth-order valence-corrected chi connectivity index (χ4v) is 2.34. The van der Waals surface area contributed by atoms with Gasteiger partial charge in [0.2, 0.25) is 0 Å². The molecule has 2 aromatic carbocycles. The number of nitrogens with one attached hydrogen (secondary N) is 1. The van der Waals surface area contributed by atoms with Crippen LogP contribution in [0.25, 0.3) is 0 Å². The van der Waals surface area contributed by atoms with Gasteiger partial charge in [-0.25, -0.2) is 4.79 Å². The molecule has 0 unspecified atom stereocenters. The Balaban J connectivity index is 1.92. The highest BCUT2D eigenvalue weighted by molar-refractivity contribution is 9.10. The highest BCUT2D eigenvalue weighted by Gasteiger charge is 2.12. The Bertz CT molecular complexity index is 748. The van der Waals surface area contributed by atoms with Gasteiger partial charge in [0.25, 0.3) is 5.91 Å². The van der Waals surface area contributed by atoms with Crippen LogP contribution in [-0.4, -0.2) is 32.7 Å². The Hall–Kier alpha value is -2.54. The third-order valence-electron chi connectivity index (χ3n) is 3.06. The first-order valence-corrected chi connectivity index (χ1v) is 7.77. The lowest BCUT2D eigenvalue weighted by Gasteiger charge is -2.11. The normalized spacial score (nSPS) is 9.96. The summed E-state index contributed by atoms with van der Waals surface area (Å²) >= 11 is 3.27. The summed E-state index contributed by atoms with van der Waals surface area (Å²) in [5.74, 6) is 0.0161. The van der Waals surface area contributed by atoms with Crippen molar-refractivity contribution in [3.05, 3.63) is 52.5 Å². The molecule has 0 heterocycles. The largest absolute Gasteiger partial charge is 0.493 e. The number of methoxy groups -OCH3 is 2. The molecule has 0 fully saturated rings. The van der Waals surface area contributed by atoms with Gasteiger partial charge in [-0.05, 0) is 30.3 Å². The smallest absolute Gasteiger partial charge is 0.338 e. The van der Waals surface area contributed by atoms with E-state index in [2.05, 4.69) is 21.2 Å². The van der Waals surface area contributed by atoms with Crippen LogP contribution in [0.3, 0.4) is 0 Å². The average Bonchev–Trinajstić information content (AvgIpc) is 2.59. The molecule has 1 amide bonds. The zero-order valence-electron chi connectivity index (χ0n) is 13.2. The van der Waals surface area contributed by atoms with Gasteiger partial charge in [-0.1, -0.05) is 22.0 Å². The van der Waals surface area contributed by atoms with Crippen LogP contribution in [0, 0.1) is 0 Å². The molecule has 1 N–H and O–H groups in total. The van der Waals surface area contributed by atoms with Crippen LogP contribution >= 0.6 is 15.9 Å². The van der Waals surface area contributed by atoms with E-state index >= 15 is 0 Å². The van der Waals surface area contributed by atoms with E-state index in [0.29, 0.717) is 22.7 Å². The van der Waals surface area contributed by atoms with Gasteiger partial charge in [-0.3, -0.25) is 4.79 Å². The standard InChI is InChI=1S/C17H16BrNO5/c1-22-14-7-6-13(9-15(14)23-2)19-16(20)10-24-17(21)11-4-3-5-12(18)8-11/h3-9H,10H2,1-2H3,(H,19,20). The molecule has 0 atom stereocenters. The third kappa shape index (κ3) is 4.73. The summed E-state index contributed by atoms with van der Waals surface area (Å²) in [6.07, 6.45) is 0. The van der Waals surface area contributed by atoms with Crippen LogP contribution in [0.2, 0.25) is 0 Å². The third-order valence-corrected chi connectivity index (χ3v) is 3.56. The number of rotatable bonds is 6.